The van der Waals surface area contributed by atoms with Crippen molar-refractivity contribution in [3.63, 3.8) is 0 Å². The topological polar surface area (TPSA) is 38.7 Å². The van der Waals surface area contributed by atoms with E-state index in [4.69, 9.17) is 4.84 Å². The van der Waals surface area contributed by atoms with E-state index < -0.39 is 0 Å². The first kappa shape index (κ1) is 12.4. The Morgan fingerprint density at radius 1 is 1.05 bits per heavy atom. The summed E-state index contributed by atoms with van der Waals surface area (Å²) in [6.45, 7) is 0. The van der Waals surface area contributed by atoms with Crippen molar-refractivity contribution in [2.45, 2.75) is 44.6 Å². The number of oxime groups is 1. The van der Waals surface area contributed by atoms with Crippen LogP contribution in [-0.4, -0.2) is 17.6 Å². The number of nitrogens with zero attached hydrogens (tertiary/aromatic N) is 1. The highest BCUT2D eigenvalue weighted by Gasteiger charge is 2.37. The summed E-state index contributed by atoms with van der Waals surface area (Å²) in [4.78, 5) is 18.0. The fourth-order valence-electron chi connectivity index (χ4n) is 3.03. The zero-order chi connectivity index (χ0) is 13.1. The average Bonchev–Trinajstić information content (AvgIpc) is 2.81. The third-order valence-corrected chi connectivity index (χ3v) is 4.11. The molecule has 1 heterocycles. The number of hydrogen-bond acceptors (Lipinski definition) is 3. The van der Waals surface area contributed by atoms with E-state index in [-0.39, 0.29) is 17.8 Å². The number of ketones is 1. The van der Waals surface area contributed by atoms with Crippen LogP contribution in [0.15, 0.2) is 35.5 Å². The maximum absolute atomic E-state index is 12.5. The SMILES string of the molecule is O=C(C1=NOC2CCCCCCC12)c1ccccc1. The Morgan fingerprint density at radius 3 is 2.58 bits per heavy atom. The van der Waals surface area contributed by atoms with Crippen molar-refractivity contribution >= 4 is 11.5 Å². The summed E-state index contributed by atoms with van der Waals surface area (Å²) >= 11 is 0. The molecule has 100 valence electrons. The van der Waals surface area contributed by atoms with E-state index in [1.54, 1.807) is 0 Å². The van der Waals surface area contributed by atoms with Gasteiger partial charge < -0.3 is 4.84 Å². The van der Waals surface area contributed by atoms with Gasteiger partial charge in [0.05, 0.1) is 0 Å². The highest BCUT2D eigenvalue weighted by atomic mass is 16.6. The molecule has 0 radical (unpaired) electrons. The summed E-state index contributed by atoms with van der Waals surface area (Å²) in [5.74, 6) is 0.238. The molecule has 1 aromatic carbocycles. The molecule has 2 unspecified atom stereocenters. The van der Waals surface area contributed by atoms with Gasteiger partial charge in [-0.25, -0.2) is 0 Å². The molecule has 1 saturated carbocycles. The number of carbonyl (C=O) groups is 1. The van der Waals surface area contributed by atoms with Gasteiger partial charge in [0.15, 0.2) is 0 Å². The Bertz CT molecular complexity index is 481. The van der Waals surface area contributed by atoms with Gasteiger partial charge >= 0.3 is 0 Å². The predicted molar refractivity (Wildman–Crippen MR) is 74.3 cm³/mol. The first-order valence-corrected chi connectivity index (χ1v) is 7.20. The fourth-order valence-corrected chi connectivity index (χ4v) is 3.03. The standard InChI is InChI=1S/C16H19NO2/c18-16(12-8-4-3-5-9-12)15-13-10-6-1-2-7-11-14(13)19-17-15/h3-5,8-9,13-14H,1-2,6-7,10-11H2. The van der Waals surface area contributed by atoms with E-state index in [1.165, 1.54) is 25.7 Å². The van der Waals surface area contributed by atoms with Crippen LogP contribution in [0.25, 0.3) is 0 Å². The lowest BCUT2D eigenvalue weighted by Crippen LogP contribution is -2.29. The van der Waals surface area contributed by atoms with Crippen molar-refractivity contribution in [3.05, 3.63) is 35.9 Å². The molecule has 3 nitrogen and oxygen atoms in total. The average molecular weight is 257 g/mol. The molecule has 2 aliphatic rings. The van der Waals surface area contributed by atoms with E-state index in [1.807, 2.05) is 30.3 Å². The van der Waals surface area contributed by atoms with Crippen LogP contribution in [0.5, 0.6) is 0 Å². The van der Waals surface area contributed by atoms with Crippen LogP contribution < -0.4 is 0 Å². The van der Waals surface area contributed by atoms with E-state index in [0.29, 0.717) is 11.3 Å². The molecular formula is C16H19NO2. The molecular weight excluding hydrogens is 238 g/mol. The Kier molecular flexibility index (Phi) is 3.62. The molecule has 2 atom stereocenters. The maximum atomic E-state index is 12.5. The molecule has 0 N–H and O–H groups in total. The van der Waals surface area contributed by atoms with Crippen LogP contribution in [0.4, 0.5) is 0 Å². The highest BCUT2D eigenvalue weighted by Crippen LogP contribution is 2.31. The zero-order valence-corrected chi connectivity index (χ0v) is 11.0. The molecule has 0 amide bonds. The van der Waals surface area contributed by atoms with E-state index in [0.717, 1.165) is 12.8 Å². The molecule has 0 bridgehead atoms. The zero-order valence-electron chi connectivity index (χ0n) is 11.0. The molecule has 0 spiro atoms. The van der Waals surface area contributed by atoms with Crippen LogP contribution in [0.3, 0.4) is 0 Å². The summed E-state index contributed by atoms with van der Waals surface area (Å²) in [7, 11) is 0. The third-order valence-electron chi connectivity index (χ3n) is 4.11. The summed E-state index contributed by atoms with van der Waals surface area (Å²) in [5.41, 5.74) is 1.35. The highest BCUT2D eigenvalue weighted by molar-refractivity contribution is 6.46. The molecule has 0 aromatic heterocycles. The van der Waals surface area contributed by atoms with Crippen LogP contribution in [-0.2, 0) is 4.84 Å². The minimum Gasteiger partial charge on any atom is -0.391 e. The van der Waals surface area contributed by atoms with Gasteiger partial charge in [-0.2, -0.15) is 0 Å². The first-order valence-electron chi connectivity index (χ1n) is 7.20. The summed E-state index contributed by atoms with van der Waals surface area (Å²) in [6.07, 6.45) is 7.07. The van der Waals surface area contributed by atoms with Gasteiger partial charge in [0.2, 0.25) is 5.78 Å². The fraction of sp³-hybridized carbons (Fsp3) is 0.500. The second-order valence-corrected chi connectivity index (χ2v) is 5.41. The van der Waals surface area contributed by atoms with Gasteiger partial charge in [-0.3, -0.25) is 4.79 Å². The maximum Gasteiger partial charge on any atom is 0.211 e. The van der Waals surface area contributed by atoms with Crippen molar-refractivity contribution in [1.82, 2.24) is 0 Å². The molecule has 1 aromatic rings. The Morgan fingerprint density at radius 2 is 1.79 bits per heavy atom. The molecule has 1 aliphatic carbocycles. The van der Waals surface area contributed by atoms with Gasteiger partial charge in [-0.05, 0) is 19.3 Å². The van der Waals surface area contributed by atoms with Crippen molar-refractivity contribution in [3.8, 4) is 0 Å². The number of carbonyl (C=O) groups excluding carboxylic acids is 1. The monoisotopic (exact) mass is 257 g/mol. The third kappa shape index (κ3) is 2.55. The van der Waals surface area contributed by atoms with Crippen molar-refractivity contribution < 1.29 is 9.63 Å². The molecule has 0 saturated heterocycles. The van der Waals surface area contributed by atoms with Gasteiger partial charge in [0.25, 0.3) is 0 Å². The number of fused-ring (bicyclic) bond motifs is 1. The molecule has 19 heavy (non-hydrogen) atoms. The summed E-state index contributed by atoms with van der Waals surface area (Å²) in [6, 6.07) is 9.39. The normalized spacial score (nSPS) is 26.6. The number of Topliss-reactive ketones (excluding diaryl/α,β-unsaturated/α-hetero) is 1. The number of hydrogen-bond donors (Lipinski definition) is 0. The second kappa shape index (κ2) is 5.55. The van der Waals surface area contributed by atoms with Crippen LogP contribution in [0, 0.1) is 5.92 Å². The van der Waals surface area contributed by atoms with Gasteiger partial charge in [0.1, 0.15) is 11.8 Å². The van der Waals surface area contributed by atoms with Crippen molar-refractivity contribution in [1.29, 1.82) is 0 Å². The van der Waals surface area contributed by atoms with Gasteiger partial charge in [-0.15, -0.1) is 0 Å². The van der Waals surface area contributed by atoms with Crippen molar-refractivity contribution in [2.75, 3.05) is 0 Å². The minimum atomic E-state index is 0.0358. The van der Waals surface area contributed by atoms with Crippen LogP contribution in [0.2, 0.25) is 0 Å². The minimum absolute atomic E-state index is 0.0358. The van der Waals surface area contributed by atoms with Crippen molar-refractivity contribution in [2.24, 2.45) is 11.1 Å². The molecule has 1 fully saturated rings. The lowest BCUT2D eigenvalue weighted by atomic mass is 9.83. The quantitative estimate of drug-likeness (QED) is 0.759. The lowest BCUT2D eigenvalue weighted by molar-refractivity contribution is 0.0479. The molecule has 3 heteroatoms. The Labute approximate surface area is 113 Å². The summed E-state index contributed by atoms with van der Waals surface area (Å²) in [5, 5.41) is 4.11. The van der Waals surface area contributed by atoms with Gasteiger partial charge in [-0.1, -0.05) is 54.8 Å². The van der Waals surface area contributed by atoms with Crippen LogP contribution >= 0.6 is 0 Å². The Balaban J connectivity index is 1.79. The lowest BCUT2D eigenvalue weighted by Gasteiger charge is -2.20. The van der Waals surface area contributed by atoms with E-state index in [2.05, 4.69) is 5.16 Å². The van der Waals surface area contributed by atoms with Gasteiger partial charge in [0, 0.05) is 11.5 Å². The predicted octanol–water partition coefficient (Wildman–Crippen LogP) is 3.59. The number of rotatable bonds is 2. The smallest absolute Gasteiger partial charge is 0.211 e. The number of benzene rings is 1. The van der Waals surface area contributed by atoms with E-state index in [9.17, 15) is 4.79 Å². The molecule has 1 aliphatic heterocycles. The molecule has 3 rings (SSSR count). The Hall–Kier alpha value is -1.64. The largest absolute Gasteiger partial charge is 0.391 e. The summed E-state index contributed by atoms with van der Waals surface area (Å²) < 4.78 is 0. The second-order valence-electron chi connectivity index (χ2n) is 5.41. The first-order chi connectivity index (χ1) is 9.36. The van der Waals surface area contributed by atoms with E-state index >= 15 is 0 Å². The van der Waals surface area contributed by atoms with Crippen LogP contribution in [0.1, 0.15) is 48.9 Å².